The fourth-order valence-electron chi connectivity index (χ4n) is 6.63. The van der Waals surface area contributed by atoms with E-state index in [-0.39, 0.29) is 0 Å². The minimum absolute atomic E-state index is 1.04. The van der Waals surface area contributed by atoms with Crippen LogP contribution >= 0.6 is 11.3 Å². The average molecular weight is 579 g/mol. The second-order valence-corrected chi connectivity index (χ2v) is 12.2. The smallest absolute Gasteiger partial charge is 0.124 e. The van der Waals surface area contributed by atoms with E-state index in [1.54, 1.807) is 11.3 Å². The van der Waals surface area contributed by atoms with Gasteiger partial charge in [0.1, 0.15) is 5.01 Å². The summed E-state index contributed by atoms with van der Waals surface area (Å²) in [4.78, 5) is 7.61. The van der Waals surface area contributed by atoms with Gasteiger partial charge in [0, 0.05) is 33.1 Å². The molecular formula is C41H26N2S. The van der Waals surface area contributed by atoms with Crippen LogP contribution in [0.4, 0.5) is 17.1 Å². The maximum absolute atomic E-state index is 5.23. The molecule has 1 heterocycles. The Morgan fingerprint density at radius 1 is 0.432 bits per heavy atom. The van der Waals surface area contributed by atoms with Crippen LogP contribution in [-0.2, 0) is 0 Å². The van der Waals surface area contributed by atoms with Crippen molar-refractivity contribution in [1.29, 1.82) is 0 Å². The Morgan fingerprint density at radius 2 is 0.955 bits per heavy atom. The molecule has 0 saturated carbocycles. The van der Waals surface area contributed by atoms with Crippen LogP contribution in [0, 0.1) is 0 Å². The van der Waals surface area contributed by atoms with Crippen LogP contribution in [0.3, 0.4) is 0 Å². The molecule has 9 rings (SSSR count). The molecule has 0 unspecified atom stereocenters. The second-order valence-electron chi connectivity index (χ2n) is 11.2. The minimum Gasteiger partial charge on any atom is -0.310 e. The summed E-state index contributed by atoms with van der Waals surface area (Å²) in [6, 6.07) is 56.6. The summed E-state index contributed by atoms with van der Waals surface area (Å²) in [7, 11) is 0. The van der Waals surface area contributed by atoms with E-state index in [1.165, 1.54) is 47.8 Å². The Bertz CT molecular complexity index is 2420. The lowest BCUT2D eigenvalue weighted by Gasteiger charge is -2.27. The van der Waals surface area contributed by atoms with Crippen molar-refractivity contribution in [3.63, 3.8) is 0 Å². The van der Waals surface area contributed by atoms with Gasteiger partial charge in [0.15, 0.2) is 0 Å². The van der Waals surface area contributed by atoms with Crippen LogP contribution in [-0.4, -0.2) is 4.98 Å². The van der Waals surface area contributed by atoms with E-state index in [0.29, 0.717) is 0 Å². The van der Waals surface area contributed by atoms with Gasteiger partial charge in [0.2, 0.25) is 0 Å². The Labute approximate surface area is 259 Å². The molecule has 2 nitrogen and oxygen atoms in total. The quantitative estimate of drug-likeness (QED) is 0.193. The van der Waals surface area contributed by atoms with Crippen molar-refractivity contribution in [1.82, 2.24) is 4.98 Å². The first-order chi connectivity index (χ1) is 21.8. The third-order valence-electron chi connectivity index (χ3n) is 8.65. The SMILES string of the molecule is c1ccc(N(c2ccc(-c3nc4c5ccccc5c5ccccc5c4s3)cc2)c2cc3ccccc3c3ccccc23)cc1. The molecule has 0 N–H and O–H groups in total. The largest absolute Gasteiger partial charge is 0.310 e. The van der Waals surface area contributed by atoms with Gasteiger partial charge in [-0.25, -0.2) is 4.98 Å². The fraction of sp³-hybridized carbons (Fsp3) is 0. The number of hydrogen-bond acceptors (Lipinski definition) is 3. The zero-order valence-corrected chi connectivity index (χ0v) is 24.6. The lowest BCUT2D eigenvalue weighted by molar-refractivity contribution is 1.30. The predicted octanol–water partition coefficient (Wildman–Crippen LogP) is 12.0. The normalized spacial score (nSPS) is 11.6. The molecule has 0 bridgehead atoms. The molecule has 0 aliphatic carbocycles. The molecule has 0 spiro atoms. The summed E-state index contributed by atoms with van der Waals surface area (Å²) in [6.45, 7) is 0. The van der Waals surface area contributed by atoms with Crippen molar-refractivity contribution in [2.75, 3.05) is 4.90 Å². The van der Waals surface area contributed by atoms with Gasteiger partial charge in [0.25, 0.3) is 0 Å². The van der Waals surface area contributed by atoms with Gasteiger partial charge >= 0.3 is 0 Å². The highest BCUT2D eigenvalue weighted by Crippen LogP contribution is 2.44. The van der Waals surface area contributed by atoms with Gasteiger partial charge in [-0.15, -0.1) is 11.3 Å². The number of anilines is 3. The number of benzene rings is 8. The molecule has 0 radical (unpaired) electrons. The maximum atomic E-state index is 5.23. The molecule has 44 heavy (non-hydrogen) atoms. The standard InChI is InChI=1S/C41H26N2S/c1-2-13-29(14-3-1)43(38-26-28-12-4-5-15-31(28)32-16-6-9-19-35(32)38)30-24-22-27(23-25-30)41-42-39-36-20-10-7-17-33(36)34-18-8-11-21-37(34)40(39)44-41/h1-26H. The van der Waals surface area contributed by atoms with Crippen molar-refractivity contribution in [3.05, 3.63) is 158 Å². The first-order valence-electron chi connectivity index (χ1n) is 14.9. The Balaban J connectivity index is 1.22. The molecule has 0 fully saturated rings. The van der Waals surface area contributed by atoms with E-state index in [2.05, 4.69) is 163 Å². The summed E-state index contributed by atoms with van der Waals surface area (Å²) in [5.41, 5.74) is 5.60. The highest BCUT2D eigenvalue weighted by molar-refractivity contribution is 7.22. The maximum Gasteiger partial charge on any atom is 0.124 e. The molecule has 206 valence electrons. The van der Waals surface area contributed by atoms with E-state index in [1.807, 2.05) is 0 Å². The van der Waals surface area contributed by atoms with E-state index in [9.17, 15) is 0 Å². The average Bonchev–Trinajstić information content (AvgIpc) is 3.56. The highest BCUT2D eigenvalue weighted by atomic mass is 32.1. The van der Waals surface area contributed by atoms with Crippen LogP contribution in [0.25, 0.3) is 63.9 Å². The molecule has 0 aliphatic rings. The first kappa shape index (κ1) is 25.0. The van der Waals surface area contributed by atoms with Gasteiger partial charge in [-0.2, -0.15) is 0 Å². The number of fused-ring (bicyclic) bond motifs is 9. The molecular weight excluding hydrogens is 553 g/mol. The van der Waals surface area contributed by atoms with Crippen molar-refractivity contribution in [3.8, 4) is 10.6 Å². The number of rotatable bonds is 4. The summed E-state index contributed by atoms with van der Waals surface area (Å²) in [5.74, 6) is 0. The first-order valence-corrected chi connectivity index (χ1v) is 15.7. The summed E-state index contributed by atoms with van der Waals surface area (Å²) < 4.78 is 1.24. The molecule has 9 aromatic rings. The number of aromatic nitrogens is 1. The molecule has 0 atom stereocenters. The third-order valence-corrected chi connectivity index (χ3v) is 9.78. The van der Waals surface area contributed by atoms with E-state index in [4.69, 9.17) is 4.98 Å². The van der Waals surface area contributed by atoms with Crippen LogP contribution in [0.5, 0.6) is 0 Å². The fourth-order valence-corrected chi connectivity index (χ4v) is 7.75. The Morgan fingerprint density at radius 3 is 1.68 bits per heavy atom. The van der Waals surface area contributed by atoms with Crippen LogP contribution in [0.2, 0.25) is 0 Å². The van der Waals surface area contributed by atoms with E-state index < -0.39 is 0 Å². The molecule has 0 amide bonds. The zero-order chi connectivity index (χ0) is 29.0. The number of para-hydroxylation sites is 1. The summed E-state index contributed by atoms with van der Waals surface area (Å²) >= 11 is 1.78. The minimum atomic E-state index is 1.04. The third kappa shape index (κ3) is 3.90. The molecule has 3 heteroatoms. The molecule has 8 aromatic carbocycles. The van der Waals surface area contributed by atoms with Crippen molar-refractivity contribution in [2.45, 2.75) is 0 Å². The van der Waals surface area contributed by atoms with Crippen molar-refractivity contribution < 1.29 is 0 Å². The zero-order valence-electron chi connectivity index (χ0n) is 23.8. The van der Waals surface area contributed by atoms with E-state index >= 15 is 0 Å². The second kappa shape index (κ2) is 10.0. The van der Waals surface area contributed by atoms with E-state index in [0.717, 1.165) is 33.1 Å². The summed E-state index contributed by atoms with van der Waals surface area (Å²) in [5, 5.41) is 11.0. The summed E-state index contributed by atoms with van der Waals surface area (Å²) in [6.07, 6.45) is 0. The van der Waals surface area contributed by atoms with Gasteiger partial charge in [0.05, 0.1) is 15.9 Å². The number of hydrogen-bond donors (Lipinski definition) is 0. The number of nitrogens with zero attached hydrogens (tertiary/aromatic N) is 2. The molecule has 1 aromatic heterocycles. The molecule has 0 saturated heterocycles. The van der Waals surface area contributed by atoms with Gasteiger partial charge < -0.3 is 4.90 Å². The van der Waals surface area contributed by atoms with Crippen molar-refractivity contribution in [2.24, 2.45) is 0 Å². The van der Waals surface area contributed by atoms with Gasteiger partial charge in [-0.1, -0.05) is 115 Å². The van der Waals surface area contributed by atoms with Gasteiger partial charge in [-0.3, -0.25) is 0 Å². The van der Waals surface area contributed by atoms with Crippen LogP contribution in [0.1, 0.15) is 0 Å². The Hall–Kier alpha value is -5.51. The van der Waals surface area contributed by atoms with Crippen molar-refractivity contribution >= 4 is 81.7 Å². The lowest BCUT2D eigenvalue weighted by atomic mass is 9.99. The predicted molar refractivity (Wildman–Crippen MR) is 190 cm³/mol. The monoisotopic (exact) mass is 578 g/mol. The topological polar surface area (TPSA) is 16.1 Å². The van der Waals surface area contributed by atoms with Crippen LogP contribution < -0.4 is 4.90 Å². The van der Waals surface area contributed by atoms with Crippen LogP contribution in [0.15, 0.2) is 158 Å². The van der Waals surface area contributed by atoms with Gasteiger partial charge in [-0.05, 0) is 69.4 Å². The number of thiazole rings is 1. The lowest BCUT2D eigenvalue weighted by Crippen LogP contribution is -2.10. The molecule has 0 aliphatic heterocycles. The Kier molecular flexibility index (Phi) is 5.71. The highest BCUT2D eigenvalue weighted by Gasteiger charge is 2.18.